The molecule has 1 aromatic heterocycles. The molecular formula is C18H33N3. The van der Waals surface area contributed by atoms with Crippen LogP contribution in [0.4, 0.5) is 5.82 Å². The van der Waals surface area contributed by atoms with Crippen LogP contribution < -0.4 is 5.73 Å². The predicted molar refractivity (Wildman–Crippen MR) is 90.4 cm³/mol. The minimum absolute atomic E-state index is 0.434. The van der Waals surface area contributed by atoms with Crippen molar-refractivity contribution in [1.82, 2.24) is 9.55 Å². The number of hydrogen-bond donors (Lipinski definition) is 1. The van der Waals surface area contributed by atoms with Crippen LogP contribution in [-0.2, 0) is 6.54 Å². The van der Waals surface area contributed by atoms with Crippen molar-refractivity contribution < 1.29 is 0 Å². The first kappa shape index (κ1) is 16.4. The smallest absolute Gasteiger partial charge is 0.127 e. The Kier molecular flexibility index (Phi) is 4.69. The first-order valence-corrected chi connectivity index (χ1v) is 8.52. The van der Waals surface area contributed by atoms with Gasteiger partial charge in [0, 0.05) is 12.5 Å². The van der Waals surface area contributed by atoms with E-state index in [9.17, 15) is 0 Å². The number of aryl methyl sites for hydroxylation is 1. The number of anilines is 1. The Bertz CT molecular complexity index is 471. The van der Waals surface area contributed by atoms with Crippen LogP contribution in [0.3, 0.4) is 0 Å². The molecule has 0 saturated heterocycles. The van der Waals surface area contributed by atoms with Crippen molar-refractivity contribution in [3.8, 4) is 0 Å². The zero-order valence-corrected chi connectivity index (χ0v) is 14.7. The lowest BCUT2D eigenvalue weighted by Crippen LogP contribution is -2.25. The Morgan fingerprint density at radius 2 is 1.76 bits per heavy atom. The summed E-state index contributed by atoms with van der Waals surface area (Å²) in [6, 6.07) is 0. The summed E-state index contributed by atoms with van der Waals surface area (Å²) in [6.45, 7) is 14.6. The van der Waals surface area contributed by atoms with Crippen molar-refractivity contribution in [2.75, 3.05) is 5.73 Å². The van der Waals surface area contributed by atoms with E-state index in [2.05, 4.69) is 46.1 Å². The monoisotopic (exact) mass is 291 g/mol. The number of nitrogen functional groups attached to an aromatic ring is 1. The van der Waals surface area contributed by atoms with Gasteiger partial charge in [0.15, 0.2) is 0 Å². The van der Waals surface area contributed by atoms with Crippen molar-refractivity contribution in [2.24, 2.45) is 17.3 Å². The first-order chi connectivity index (χ1) is 9.70. The van der Waals surface area contributed by atoms with Crippen LogP contribution in [0.15, 0.2) is 0 Å². The molecule has 2 rings (SSSR count). The second-order valence-electron chi connectivity index (χ2n) is 8.35. The summed E-state index contributed by atoms with van der Waals surface area (Å²) in [5.41, 5.74) is 8.01. The Labute approximate surface area is 130 Å². The molecule has 1 fully saturated rings. The van der Waals surface area contributed by atoms with Crippen molar-refractivity contribution >= 4 is 5.82 Å². The van der Waals surface area contributed by atoms with Crippen molar-refractivity contribution in [3.05, 3.63) is 11.5 Å². The van der Waals surface area contributed by atoms with Crippen LogP contribution in [-0.4, -0.2) is 9.55 Å². The number of rotatable bonds is 3. The molecule has 1 aliphatic rings. The molecule has 0 bridgehead atoms. The predicted octanol–water partition coefficient (Wildman–Crippen LogP) is 4.75. The molecule has 0 spiro atoms. The number of imidazole rings is 1. The molecule has 2 N–H and O–H groups in total. The van der Waals surface area contributed by atoms with E-state index >= 15 is 0 Å². The highest BCUT2D eigenvalue weighted by Gasteiger charge is 2.32. The van der Waals surface area contributed by atoms with Crippen LogP contribution in [0, 0.1) is 24.2 Å². The largest absolute Gasteiger partial charge is 0.384 e. The van der Waals surface area contributed by atoms with E-state index < -0.39 is 0 Å². The van der Waals surface area contributed by atoms with Gasteiger partial charge in [-0.1, -0.05) is 34.6 Å². The average Bonchev–Trinajstić information content (AvgIpc) is 2.65. The highest BCUT2D eigenvalue weighted by molar-refractivity contribution is 5.40. The van der Waals surface area contributed by atoms with Crippen molar-refractivity contribution in [1.29, 1.82) is 0 Å². The normalized spacial score (nSPS) is 23.8. The third kappa shape index (κ3) is 3.61. The van der Waals surface area contributed by atoms with Gasteiger partial charge in [-0.3, -0.25) is 0 Å². The van der Waals surface area contributed by atoms with Crippen LogP contribution in [0.2, 0.25) is 0 Å². The summed E-state index contributed by atoms with van der Waals surface area (Å²) < 4.78 is 2.20. The fraction of sp³-hybridized carbons (Fsp3) is 0.833. The van der Waals surface area contributed by atoms with Gasteiger partial charge in [0.2, 0.25) is 0 Å². The highest BCUT2D eigenvalue weighted by Crippen LogP contribution is 2.44. The van der Waals surface area contributed by atoms with Crippen LogP contribution in [0.5, 0.6) is 0 Å². The zero-order valence-electron chi connectivity index (χ0n) is 14.7. The lowest BCUT2D eigenvalue weighted by Gasteiger charge is -2.36. The van der Waals surface area contributed by atoms with E-state index in [0.717, 1.165) is 24.1 Å². The Morgan fingerprint density at radius 1 is 1.19 bits per heavy atom. The topological polar surface area (TPSA) is 43.8 Å². The Hall–Kier alpha value is -0.990. The van der Waals surface area contributed by atoms with Gasteiger partial charge >= 0.3 is 0 Å². The summed E-state index contributed by atoms with van der Waals surface area (Å²) >= 11 is 0. The minimum atomic E-state index is 0.434. The summed E-state index contributed by atoms with van der Waals surface area (Å²) in [5.74, 6) is 4.00. The van der Waals surface area contributed by atoms with Gasteiger partial charge < -0.3 is 10.3 Å². The number of nitrogens with two attached hydrogens (primary N) is 1. The van der Waals surface area contributed by atoms with E-state index in [-0.39, 0.29) is 0 Å². The van der Waals surface area contributed by atoms with Gasteiger partial charge in [-0.05, 0) is 49.9 Å². The van der Waals surface area contributed by atoms with Crippen LogP contribution in [0.1, 0.15) is 77.7 Å². The fourth-order valence-electron chi connectivity index (χ4n) is 3.73. The quantitative estimate of drug-likeness (QED) is 0.873. The van der Waals surface area contributed by atoms with Crippen molar-refractivity contribution in [2.45, 2.75) is 79.7 Å². The van der Waals surface area contributed by atoms with Crippen LogP contribution in [0.25, 0.3) is 0 Å². The summed E-state index contributed by atoms with van der Waals surface area (Å²) in [6.07, 6.45) is 5.10. The maximum atomic E-state index is 6.40. The van der Waals surface area contributed by atoms with Crippen LogP contribution >= 0.6 is 0 Å². The molecule has 3 heteroatoms. The van der Waals surface area contributed by atoms with E-state index in [4.69, 9.17) is 10.7 Å². The zero-order chi connectivity index (χ0) is 15.8. The maximum Gasteiger partial charge on any atom is 0.127 e. The lowest BCUT2D eigenvalue weighted by molar-refractivity contribution is 0.168. The molecule has 1 aromatic rings. The molecule has 0 atom stereocenters. The molecule has 1 heterocycles. The molecule has 120 valence electrons. The first-order valence-electron chi connectivity index (χ1n) is 8.52. The molecule has 1 aliphatic carbocycles. The van der Waals surface area contributed by atoms with Gasteiger partial charge in [0.05, 0.1) is 5.69 Å². The second kappa shape index (κ2) is 6.02. The molecule has 0 amide bonds. The number of nitrogens with zero attached hydrogens (tertiary/aromatic N) is 2. The second-order valence-corrected chi connectivity index (χ2v) is 8.35. The highest BCUT2D eigenvalue weighted by atomic mass is 15.1. The van der Waals surface area contributed by atoms with Gasteiger partial charge in [-0.15, -0.1) is 0 Å². The average molecular weight is 291 g/mol. The van der Waals surface area contributed by atoms with Gasteiger partial charge in [-0.2, -0.15) is 0 Å². The summed E-state index contributed by atoms with van der Waals surface area (Å²) in [7, 11) is 0. The molecular weight excluding hydrogens is 258 g/mol. The lowest BCUT2D eigenvalue weighted by atomic mass is 9.69. The Morgan fingerprint density at radius 3 is 2.24 bits per heavy atom. The van der Waals surface area contributed by atoms with Gasteiger partial charge in [0.25, 0.3) is 0 Å². The molecule has 0 aromatic carbocycles. The molecule has 21 heavy (non-hydrogen) atoms. The Balaban J connectivity index is 2.11. The SMILES string of the molecule is Cc1nc(C2CCC(C(C)(C)C)CC2)c(N)n1CC(C)C. The van der Waals surface area contributed by atoms with E-state index in [0.29, 0.717) is 17.3 Å². The molecule has 0 radical (unpaired) electrons. The number of hydrogen-bond acceptors (Lipinski definition) is 2. The molecule has 0 unspecified atom stereocenters. The minimum Gasteiger partial charge on any atom is -0.384 e. The van der Waals surface area contributed by atoms with Crippen molar-refractivity contribution in [3.63, 3.8) is 0 Å². The number of aromatic nitrogens is 2. The van der Waals surface area contributed by atoms with E-state index in [1.165, 1.54) is 31.4 Å². The summed E-state index contributed by atoms with van der Waals surface area (Å²) in [4.78, 5) is 4.81. The van der Waals surface area contributed by atoms with E-state index in [1.807, 2.05) is 0 Å². The summed E-state index contributed by atoms with van der Waals surface area (Å²) in [5, 5.41) is 0. The molecule has 1 saturated carbocycles. The molecule has 3 nitrogen and oxygen atoms in total. The standard InChI is InChI=1S/C18H33N3/c1-12(2)11-21-13(3)20-16(17(21)19)14-7-9-15(10-8-14)18(4,5)6/h12,14-15H,7-11,19H2,1-6H3. The van der Waals surface area contributed by atoms with Gasteiger partial charge in [0.1, 0.15) is 11.6 Å². The fourth-order valence-corrected chi connectivity index (χ4v) is 3.73. The molecule has 0 aliphatic heterocycles. The third-order valence-electron chi connectivity index (χ3n) is 5.11. The maximum absolute atomic E-state index is 6.40. The van der Waals surface area contributed by atoms with E-state index in [1.54, 1.807) is 0 Å². The van der Waals surface area contributed by atoms with Gasteiger partial charge in [-0.25, -0.2) is 4.98 Å². The third-order valence-corrected chi connectivity index (χ3v) is 5.11.